The van der Waals surface area contributed by atoms with Crippen LogP contribution in [0.15, 0.2) is 36.5 Å². The van der Waals surface area contributed by atoms with Crippen molar-refractivity contribution in [1.82, 2.24) is 10.3 Å². The van der Waals surface area contributed by atoms with E-state index in [4.69, 9.17) is 25.8 Å². The van der Waals surface area contributed by atoms with Crippen LogP contribution in [-0.4, -0.2) is 37.1 Å². The SMILES string of the molecule is COc1cc(OC)cc(C(=O)N[C@H](C(=O)OCc2ccc(Cl)nc2)C(C)C)c1. The Balaban J connectivity index is 2.07. The molecule has 2 aromatic rings. The summed E-state index contributed by atoms with van der Waals surface area (Å²) in [5, 5.41) is 3.08. The van der Waals surface area contributed by atoms with E-state index < -0.39 is 17.9 Å². The van der Waals surface area contributed by atoms with Gasteiger partial charge in [0.15, 0.2) is 0 Å². The van der Waals surface area contributed by atoms with Crippen molar-refractivity contribution in [2.75, 3.05) is 14.2 Å². The number of amides is 1. The maximum absolute atomic E-state index is 12.7. The Morgan fingerprint density at radius 3 is 2.25 bits per heavy atom. The van der Waals surface area contributed by atoms with E-state index in [0.29, 0.717) is 27.8 Å². The summed E-state index contributed by atoms with van der Waals surface area (Å²) in [6.45, 7) is 3.68. The first-order valence-electron chi connectivity index (χ1n) is 8.65. The molecular formula is C20H23ClN2O5. The fourth-order valence-corrected chi connectivity index (χ4v) is 2.51. The molecule has 0 fully saturated rings. The summed E-state index contributed by atoms with van der Waals surface area (Å²) < 4.78 is 15.7. The van der Waals surface area contributed by atoms with E-state index in [-0.39, 0.29) is 12.5 Å². The summed E-state index contributed by atoms with van der Waals surface area (Å²) in [6, 6.07) is 7.31. The van der Waals surface area contributed by atoms with Crippen LogP contribution in [0.4, 0.5) is 0 Å². The predicted molar refractivity (Wildman–Crippen MR) is 105 cm³/mol. The number of halogens is 1. The van der Waals surface area contributed by atoms with Gasteiger partial charge in [0.1, 0.15) is 29.3 Å². The normalized spacial score (nSPS) is 11.6. The minimum absolute atomic E-state index is 0.0368. The van der Waals surface area contributed by atoms with Crippen LogP contribution in [-0.2, 0) is 16.1 Å². The summed E-state index contributed by atoms with van der Waals surface area (Å²) >= 11 is 5.74. The van der Waals surface area contributed by atoms with E-state index in [1.807, 2.05) is 13.8 Å². The summed E-state index contributed by atoms with van der Waals surface area (Å²) in [4.78, 5) is 29.1. The number of carbonyl (C=O) groups excluding carboxylic acids is 2. The van der Waals surface area contributed by atoms with Crippen LogP contribution < -0.4 is 14.8 Å². The fourth-order valence-electron chi connectivity index (χ4n) is 2.40. The summed E-state index contributed by atoms with van der Waals surface area (Å²) in [5.41, 5.74) is 1.01. The number of benzene rings is 1. The van der Waals surface area contributed by atoms with Crippen molar-refractivity contribution in [3.05, 3.63) is 52.8 Å². The molecule has 0 saturated heterocycles. The van der Waals surface area contributed by atoms with Crippen molar-refractivity contribution in [3.8, 4) is 11.5 Å². The van der Waals surface area contributed by atoms with Gasteiger partial charge >= 0.3 is 5.97 Å². The van der Waals surface area contributed by atoms with E-state index in [1.165, 1.54) is 20.4 Å². The summed E-state index contributed by atoms with van der Waals surface area (Å²) in [6.07, 6.45) is 1.53. The van der Waals surface area contributed by atoms with E-state index in [0.717, 1.165) is 0 Å². The molecule has 28 heavy (non-hydrogen) atoms. The zero-order valence-electron chi connectivity index (χ0n) is 16.2. The Hall–Kier alpha value is -2.80. The molecule has 0 unspecified atom stereocenters. The molecule has 0 saturated carbocycles. The molecule has 0 aliphatic carbocycles. The number of carbonyl (C=O) groups is 2. The standard InChI is InChI=1S/C20H23ClN2O5/c1-12(2)18(20(25)28-11-13-5-6-17(21)22-10-13)23-19(24)14-7-15(26-3)9-16(8-14)27-4/h5-10,12,18H,11H2,1-4H3,(H,23,24)/t18-/m0/s1. The van der Waals surface area contributed by atoms with Gasteiger partial charge in [-0.2, -0.15) is 0 Å². The van der Waals surface area contributed by atoms with E-state index >= 15 is 0 Å². The van der Waals surface area contributed by atoms with E-state index in [9.17, 15) is 9.59 Å². The van der Waals surface area contributed by atoms with Gasteiger partial charge in [-0.05, 0) is 24.1 Å². The Morgan fingerprint density at radius 2 is 1.75 bits per heavy atom. The van der Waals surface area contributed by atoms with Crippen molar-refractivity contribution in [2.24, 2.45) is 5.92 Å². The van der Waals surface area contributed by atoms with Crippen LogP contribution in [0.2, 0.25) is 5.15 Å². The topological polar surface area (TPSA) is 86.8 Å². The number of aromatic nitrogens is 1. The lowest BCUT2D eigenvalue weighted by Crippen LogP contribution is -2.45. The molecule has 1 N–H and O–H groups in total. The zero-order chi connectivity index (χ0) is 20.7. The number of nitrogens with zero attached hydrogens (tertiary/aromatic N) is 1. The second-order valence-electron chi connectivity index (χ2n) is 6.39. The molecule has 2 rings (SSSR count). The molecule has 8 heteroatoms. The summed E-state index contributed by atoms with van der Waals surface area (Å²) in [7, 11) is 2.99. The third kappa shape index (κ3) is 5.85. The molecule has 0 spiro atoms. The molecule has 1 atom stereocenters. The number of rotatable bonds is 8. The highest BCUT2D eigenvalue weighted by molar-refractivity contribution is 6.29. The predicted octanol–water partition coefficient (Wildman–Crippen LogP) is 3.25. The Labute approximate surface area is 169 Å². The number of hydrogen-bond acceptors (Lipinski definition) is 6. The van der Waals surface area contributed by atoms with Crippen LogP contribution >= 0.6 is 11.6 Å². The smallest absolute Gasteiger partial charge is 0.329 e. The van der Waals surface area contributed by atoms with Gasteiger partial charge < -0.3 is 19.5 Å². The second kappa shape index (κ2) is 9.94. The second-order valence-corrected chi connectivity index (χ2v) is 6.78. The van der Waals surface area contributed by atoms with Gasteiger partial charge in [-0.25, -0.2) is 9.78 Å². The average molecular weight is 407 g/mol. The molecule has 1 amide bonds. The molecule has 1 aromatic carbocycles. The fraction of sp³-hybridized carbons (Fsp3) is 0.350. The van der Waals surface area contributed by atoms with Crippen molar-refractivity contribution >= 4 is 23.5 Å². The van der Waals surface area contributed by atoms with Crippen LogP contribution in [0.25, 0.3) is 0 Å². The Kier molecular flexibility index (Phi) is 7.63. The van der Waals surface area contributed by atoms with Crippen molar-refractivity contribution in [3.63, 3.8) is 0 Å². The van der Waals surface area contributed by atoms with E-state index in [1.54, 1.807) is 30.3 Å². The molecule has 0 radical (unpaired) electrons. The highest BCUT2D eigenvalue weighted by Crippen LogP contribution is 2.22. The highest BCUT2D eigenvalue weighted by Gasteiger charge is 2.26. The van der Waals surface area contributed by atoms with Gasteiger partial charge in [0.2, 0.25) is 0 Å². The van der Waals surface area contributed by atoms with Crippen LogP contribution in [0.1, 0.15) is 29.8 Å². The maximum Gasteiger partial charge on any atom is 0.329 e. The molecule has 0 aliphatic rings. The number of ether oxygens (including phenoxy) is 3. The van der Waals surface area contributed by atoms with Gasteiger partial charge in [0, 0.05) is 23.4 Å². The highest BCUT2D eigenvalue weighted by atomic mass is 35.5. The average Bonchev–Trinajstić information content (AvgIpc) is 2.70. The van der Waals surface area contributed by atoms with E-state index in [2.05, 4.69) is 10.3 Å². The number of methoxy groups -OCH3 is 2. The van der Waals surface area contributed by atoms with Crippen LogP contribution in [0, 0.1) is 5.92 Å². The quantitative estimate of drug-likeness (QED) is 0.535. The third-order valence-corrected chi connectivity index (χ3v) is 4.21. The molecular weight excluding hydrogens is 384 g/mol. The Morgan fingerprint density at radius 1 is 1.11 bits per heavy atom. The first kappa shape index (κ1) is 21.5. The number of hydrogen-bond donors (Lipinski definition) is 1. The third-order valence-electron chi connectivity index (χ3n) is 3.99. The minimum Gasteiger partial charge on any atom is -0.497 e. The zero-order valence-corrected chi connectivity index (χ0v) is 16.9. The minimum atomic E-state index is -0.815. The van der Waals surface area contributed by atoms with Gasteiger partial charge in [-0.3, -0.25) is 4.79 Å². The first-order valence-corrected chi connectivity index (χ1v) is 9.02. The maximum atomic E-state index is 12.7. The monoisotopic (exact) mass is 406 g/mol. The van der Waals surface area contributed by atoms with Gasteiger partial charge in [0.25, 0.3) is 5.91 Å². The van der Waals surface area contributed by atoms with Gasteiger partial charge in [-0.15, -0.1) is 0 Å². The summed E-state index contributed by atoms with van der Waals surface area (Å²) in [5.74, 6) is -0.187. The van der Waals surface area contributed by atoms with Crippen LogP contribution in [0.3, 0.4) is 0 Å². The van der Waals surface area contributed by atoms with Gasteiger partial charge in [0.05, 0.1) is 14.2 Å². The van der Waals surface area contributed by atoms with Crippen molar-refractivity contribution in [2.45, 2.75) is 26.5 Å². The molecule has 1 aromatic heterocycles. The molecule has 7 nitrogen and oxygen atoms in total. The molecule has 150 valence electrons. The molecule has 0 aliphatic heterocycles. The largest absolute Gasteiger partial charge is 0.497 e. The number of nitrogens with one attached hydrogen (secondary N) is 1. The number of esters is 1. The molecule has 1 heterocycles. The van der Waals surface area contributed by atoms with Crippen molar-refractivity contribution < 1.29 is 23.8 Å². The van der Waals surface area contributed by atoms with Crippen molar-refractivity contribution in [1.29, 1.82) is 0 Å². The Bertz CT molecular complexity index is 802. The number of pyridine rings is 1. The lowest BCUT2D eigenvalue weighted by molar-refractivity contribution is -0.148. The lowest BCUT2D eigenvalue weighted by atomic mass is 10.0. The molecule has 0 bridgehead atoms. The van der Waals surface area contributed by atoms with Gasteiger partial charge in [-0.1, -0.05) is 31.5 Å². The lowest BCUT2D eigenvalue weighted by Gasteiger charge is -2.21. The van der Waals surface area contributed by atoms with Crippen LogP contribution in [0.5, 0.6) is 11.5 Å². The first-order chi connectivity index (χ1) is 13.3.